The van der Waals surface area contributed by atoms with Crippen LogP contribution in [-0.4, -0.2) is 15.9 Å². The van der Waals surface area contributed by atoms with Crippen molar-refractivity contribution in [3.05, 3.63) is 62.7 Å². The van der Waals surface area contributed by atoms with E-state index in [9.17, 15) is 4.79 Å². The van der Waals surface area contributed by atoms with Crippen LogP contribution in [0, 0.1) is 17.4 Å². The van der Waals surface area contributed by atoms with Crippen LogP contribution in [0.2, 0.25) is 0 Å². The standard InChI is InChI=1S/C17H16Cl3IN2O/c1-10-6-7-11(2)14(8-10)22-16(17(18,19)20)23-15(24)12-4-3-5-13(21)9-12/h3-9,16,22H,1-2H3,(H,23,24)/t16-/m1/s1. The molecular weight excluding hydrogens is 481 g/mol. The maximum absolute atomic E-state index is 12.5. The van der Waals surface area contributed by atoms with Gasteiger partial charge in [-0.25, -0.2) is 0 Å². The van der Waals surface area contributed by atoms with Crippen molar-refractivity contribution >= 4 is 69.0 Å². The Bertz CT molecular complexity index is 747. The molecule has 0 heterocycles. The zero-order valence-electron chi connectivity index (χ0n) is 13.0. The lowest BCUT2D eigenvalue weighted by molar-refractivity contribution is 0.0941. The molecule has 0 saturated carbocycles. The lowest BCUT2D eigenvalue weighted by Gasteiger charge is -2.28. The summed E-state index contributed by atoms with van der Waals surface area (Å²) in [6.07, 6.45) is -0.881. The van der Waals surface area contributed by atoms with Gasteiger partial charge in [-0.2, -0.15) is 0 Å². The summed E-state index contributed by atoms with van der Waals surface area (Å²) in [4.78, 5) is 12.5. The maximum atomic E-state index is 12.5. The minimum absolute atomic E-state index is 0.317. The molecule has 0 spiro atoms. The van der Waals surface area contributed by atoms with Gasteiger partial charge in [0.15, 0.2) is 0 Å². The van der Waals surface area contributed by atoms with E-state index >= 15 is 0 Å². The molecule has 0 radical (unpaired) electrons. The molecule has 0 bridgehead atoms. The smallest absolute Gasteiger partial charge is 0.253 e. The molecule has 3 nitrogen and oxygen atoms in total. The number of carbonyl (C=O) groups is 1. The number of hydrogen-bond acceptors (Lipinski definition) is 2. The zero-order chi connectivity index (χ0) is 17.9. The molecule has 7 heteroatoms. The van der Waals surface area contributed by atoms with Gasteiger partial charge < -0.3 is 10.6 Å². The number of nitrogens with one attached hydrogen (secondary N) is 2. The highest BCUT2D eigenvalue weighted by molar-refractivity contribution is 14.1. The molecule has 1 amide bonds. The number of amides is 1. The molecule has 1 atom stereocenters. The summed E-state index contributed by atoms with van der Waals surface area (Å²) in [6, 6.07) is 13.1. The SMILES string of the molecule is Cc1ccc(C)c(N[C@H](NC(=O)c2cccc(I)c2)C(Cl)(Cl)Cl)c1. The first-order chi connectivity index (χ1) is 11.2. The van der Waals surface area contributed by atoms with Crippen LogP contribution < -0.4 is 10.6 Å². The first-order valence-corrected chi connectivity index (χ1v) is 9.35. The van der Waals surface area contributed by atoms with Crippen LogP contribution in [0.1, 0.15) is 21.5 Å². The molecule has 0 aromatic heterocycles. The largest absolute Gasteiger partial charge is 0.362 e. The number of alkyl halides is 3. The average Bonchev–Trinajstić information content (AvgIpc) is 2.49. The molecule has 2 aromatic rings. The highest BCUT2D eigenvalue weighted by atomic mass is 127. The first-order valence-electron chi connectivity index (χ1n) is 7.14. The van der Waals surface area contributed by atoms with Crippen LogP contribution in [0.3, 0.4) is 0 Å². The van der Waals surface area contributed by atoms with Crippen molar-refractivity contribution in [3.63, 3.8) is 0 Å². The molecule has 2 aromatic carbocycles. The number of anilines is 1. The quantitative estimate of drug-likeness (QED) is 0.335. The number of carbonyl (C=O) groups excluding carboxylic acids is 1. The van der Waals surface area contributed by atoms with Gasteiger partial charge in [0.05, 0.1) is 0 Å². The van der Waals surface area contributed by atoms with Gasteiger partial charge in [0.2, 0.25) is 3.79 Å². The Hall–Kier alpha value is -0.690. The fraction of sp³-hybridized carbons (Fsp3) is 0.235. The Morgan fingerprint density at radius 2 is 1.83 bits per heavy atom. The highest BCUT2D eigenvalue weighted by Gasteiger charge is 2.34. The second-order valence-corrected chi connectivity index (χ2v) is 9.04. The van der Waals surface area contributed by atoms with Crippen LogP contribution in [0.25, 0.3) is 0 Å². The topological polar surface area (TPSA) is 41.1 Å². The number of hydrogen-bond donors (Lipinski definition) is 2. The normalized spacial score (nSPS) is 12.6. The van der Waals surface area contributed by atoms with Crippen LogP contribution in [0.4, 0.5) is 5.69 Å². The summed E-state index contributed by atoms with van der Waals surface area (Å²) >= 11 is 20.3. The Balaban J connectivity index is 2.23. The molecule has 0 aliphatic rings. The molecule has 128 valence electrons. The van der Waals surface area contributed by atoms with E-state index in [1.54, 1.807) is 18.2 Å². The van der Waals surface area contributed by atoms with Gasteiger partial charge in [0.1, 0.15) is 6.17 Å². The van der Waals surface area contributed by atoms with Crippen LogP contribution in [-0.2, 0) is 0 Å². The minimum atomic E-state index is -1.71. The van der Waals surface area contributed by atoms with Crippen LogP contribution in [0.15, 0.2) is 42.5 Å². The predicted octanol–water partition coefficient (Wildman–Crippen LogP) is 5.45. The van der Waals surface area contributed by atoms with Gasteiger partial charge in [-0.05, 0) is 71.8 Å². The molecule has 0 saturated heterocycles. The van der Waals surface area contributed by atoms with Gasteiger partial charge in [-0.3, -0.25) is 4.79 Å². The van der Waals surface area contributed by atoms with Gasteiger partial charge in [-0.1, -0.05) is 53.0 Å². The van der Waals surface area contributed by atoms with Gasteiger partial charge in [-0.15, -0.1) is 0 Å². The third-order valence-electron chi connectivity index (χ3n) is 3.38. The second kappa shape index (κ2) is 8.13. The lowest BCUT2D eigenvalue weighted by atomic mass is 10.1. The third-order valence-corrected chi connectivity index (χ3v) is 4.71. The number of rotatable bonds is 4. The third kappa shape index (κ3) is 5.41. The van der Waals surface area contributed by atoms with Crippen molar-refractivity contribution in [1.29, 1.82) is 0 Å². The van der Waals surface area contributed by atoms with Crippen molar-refractivity contribution in [3.8, 4) is 0 Å². The first kappa shape index (κ1) is 19.6. The maximum Gasteiger partial charge on any atom is 0.253 e. The van der Waals surface area contributed by atoms with E-state index in [1.165, 1.54) is 0 Å². The zero-order valence-corrected chi connectivity index (χ0v) is 17.5. The molecule has 0 fully saturated rings. The summed E-state index contributed by atoms with van der Waals surface area (Å²) in [5.41, 5.74) is 3.36. The van der Waals surface area contributed by atoms with Gasteiger partial charge in [0.25, 0.3) is 5.91 Å². The summed E-state index contributed by atoms with van der Waals surface area (Å²) in [6.45, 7) is 3.91. The van der Waals surface area contributed by atoms with E-state index in [-0.39, 0.29) is 5.91 Å². The summed E-state index contributed by atoms with van der Waals surface area (Å²) in [7, 11) is 0. The fourth-order valence-corrected chi connectivity index (χ4v) is 2.96. The van der Waals surface area contributed by atoms with Crippen LogP contribution >= 0.6 is 57.4 Å². The fourth-order valence-electron chi connectivity index (χ4n) is 2.09. The van der Waals surface area contributed by atoms with Crippen LogP contribution in [0.5, 0.6) is 0 Å². The molecule has 2 N–H and O–H groups in total. The van der Waals surface area contributed by atoms with E-state index in [0.717, 1.165) is 20.4 Å². The average molecular weight is 498 g/mol. The Labute approximate surface area is 170 Å². The molecule has 0 unspecified atom stereocenters. The minimum Gasteiger partial charge on any atom is -0.362 e. The summed E-state index contributed by atoms with van der Waals surface area (Å²) < 4.78 is -0.762. The van der Waals surface area contributed by atoms with E-state index in [4.69, 9.17) is 34.8 Å². The van der Waals surface area contributed by atoms with Crippen molar-refractivity contribution in [1.82, 2.24) is 5.32 Å². The molecule has 0 aliphatic heterocycles. The van der Waals surface area contributed by atoms with E-state index < -0.39 is 9.96 Å². The van der Waals surface area contributed by atoms with Crippen molar-refractivity contribution in [2.45, 2.75) is 23.8 Å². The molecular formula is C17H16Cl3IN2O. The van der Waals surface area contributed by atoms with Gasteiger partial charge >= 0.3 is 0 Å². The van der Waals surface area contributed by atoms with Crippen molar-refractivity contribution in [2.75, 3.05) is 5.32 Å². The summed E-state index contributed by atoms with van der Waals surface area (Å²) in [5.74, 6) is -0.317. The van der Waals surface area contributed by atoms with E-state index in [1.807, 2.05) is 38.1 Å². The van der Waals surface area contributed by atoms with Crippen molar-refractivity contribution < 1.29 is 4.79 Å². The molecule has 0 aliphatic carbocycles. The second-order valence-electron chi connectivity index (χ2n) is 5.42. The predicted molar refractivity (Wildman–Crippen MR) is 110 cm³/mol. The number of aryl methyl sites for hydroxylation is 2. The van der Waals surface area contributed by atoms with E-state index in [2.05, 4.69) is 33.2 Å². The Kier molecular flexibility index (Phi) is 6.65. The number of halogens is 4. The number of benzene rings is 2. The Morgan fingerprint density at radius 1 is 1.12 bits per heavy atom. The van der Waals surface area contributed by atoms with E-state index in [0.29, 0.717) is 5.56 Å². The molecule has 24 heavy (non-hydrogen) atoms. The highest BCUT2D eigenvalue weighted by Crippen LogP contribution is 2.32. The lowest BCUT2D eigenvalue weighted by Crippen LogP contribution is -2.49. The van der Waals surface area contributed by atoms with Crippen molar-refractivity contribution in [2.24, 2.45) is 0 Å². The monoisotopic (exact) mass is 496 g/mol. The Morgan fingerprint density at radius 3 is 2.46 bits per heavy atom. The van der Waals surface area contributed by atoms with Gasteiger partial charge in [0, 0.05) is 14.8 Å². The molecule has 2 rings (SSSR count). The summed E-state index contributed by atoms with van der Waals surface area (Å²) in [5, 5.41) is 5.86.